The van der Waals surface area contributed by atoms with Gasteiger partial charge in [-0.05, 0) is 62.1 Å². The molecule has 2 amide bonds. The first-order valence-corrected chi connectivity index (χ1v) is 9.77. The smallest absolute Gasteiger partial charge is 0.293 e. The van der Waals surface area contributed by atoms with Crippen LogP contribution < -0.4 is 15.5 Å². The Morgan fingerprint density at radius 3 is 2.17 bits per heavy atom. The van der Waals surface area contributed by atoms with Gasteiger partial charge in [-0.25, -0.2) is 0 Å². The lowest BCUT2D eigenvalue weighted by Gasteiger charge is -2.17. The molecule has 0 aromatic heterocycles. The second-order valence-corrected chi connectivity index (χ2v) is 7.45. The lowest BCUT2D eigenvalue weighted by molar-refractivity contribution is -0.384. The first-order valence-electron chi connectivity index (χ1n) is 9.77. The number of benzene rings is 2. The van der Waals surface area contributed by atoms with E-state index in [0.717, 1.165) is 38.8 Å². The van der Waals surface area contributed by atoms with Gasteiger partial charge in [0.15, 0.2) is 0 Å². The van der Waals surface area contributed by atoms with Crippen molar-refractivity contribution in [2.24, 2.45) is 5.92 Å². The molecule has 1 aliphatic carbocycles. The molecular weight excluding hydrogens is 372 g/mol. The maximum Gasteiger partial charge on any atom is 0.293 e. The van der Waals surface area contributed by atoms with E-state index < -0.39 is 10.8 Å². The van der Waals surface area contributed by atoms with Crippen LogP contribution in [0.5, 0.6) is 0 Å². The van der Waals surface area contributed by atoms with Crippen LogP contribution >= 0.6 is 0 Å². The highest BCUT2D eigenvalue weighted by atomic mass is 16.6. The number of nitrogens with one attached hydrogen (secondary N) is 2. The SMILES string of the molecule is O=C(Nc1ccc(NC(=O)C2CC2)cc1)c1ccc(N2CCCC2)c([N+](=O)[O-])c1. The van der Waals surface area contributed by atoms with Gasteiger partial charge in [0.05, 0.1) is 4.92 Å². The van der Waals surface area contributed by atoms with E-state index in [9.17, 15) is 19.7 Å². The van der Waals surface area contributed by atoms with Gasteiger partial charge < -0.3 is 15.5 Å². The quantitative estimate of drug-likeness (QED) is 0.573. The van der Waals surface area contributed by atoms with Gasteiger partial charge in [0.1, 0.15) is 5.69 Å². The van der Waals surface area contributed by atoms with E-state index in [1.54, 1.807) is 36.4 Å². The average molecular weight is 394 g/mol. The maximum atomic E-state index is 12.6. The van der Waals surface area contributed by atoms with E-state index in [4.69, 9.17) is 0 Å². The summed E-state index contributed by atoms with van der Waals surface area (Å²) in [4.78, 5) is 37.4. The van der Waals surface area contributed by atoms with E-state index in [-0.39, 0.29) is 23.1 Å². The third-order valence-electron chi connectivity index (χ3n) is 5.24. The Hall–Kier alpha value is -3.42. The Morgan fingerprint density at radius 1 is 0.966 bits per heavy atom. The number of nitro benzene ring substituents is 1. The summed E-state index contributed by atoms with van der Waals surface area (Å²) in [5, 5.41) is 17.1. The second kappa shape index (κ2) is 7.90. The monoisotopic (exact) mass is 394 g/mol. The molecule has 2 aliphatic rings. The molecule has 2 aromatic carbocycles. The van der Waals surface area contributed by atoms with Gasteiger partial charge in [-0.3, -0.25) is 19.7 Å². The summed E-state index contributed by atoms with van der Waals surface area (Å²) in [6.07, 6.45) is 3.89. The number of carbonyl (C=O) groups is 2. The molecule has 0 spiro atoms. The molecule has 0 bridgehead atoms. The zero-order valence-electron chi connectivity index (χ0n) is 15.9. The lowest BCUT2D eigenvalue weighted by Crippen LogP contribution is -2.19. The predicted molar refractivity (Wildman–Crippen MR) is 110 cm³/mol. The predicted octanol–water partition coefficient (Wildman–Crippen LogP) is 3.80. The summed E-state index contributed by atoms with van der Waals surface area (Å²) >= 11 is 0. The van der Waals surface area contributed by atoms with Crippen molar-refractivity contribution in [1.82, 2.24) is 0 Å². The first kappa shape index (κ1) is 18.9. The Labute approximate surface area is 168 Å². The van der Waals surface area contributed by atoms with E-state index in [0.29, 0.717) is 17.1 Å². The van der Waals surface area contributed by atoms with Crippen molar-refractivity contribution < 1.29 is 14.5 Å². The van der Waals surface area contributed by atoms with Gasteiger partial charge in [-0.15, -0.1) is 0 Å². The lowest BCUT2D eigenvalue weighted by atomic mass is 10.1. The molecule has 0 radical (unpaired) electrons. The van der Waals surface area contributed by atoms with Crippen molar-refractivity contribution in [2.75, 3.05) is 28.6 Å². The number of nitro groups is 1. The fourth-order valence-electron chi connectivity index (χ4n) is 3.47. The van der Waals surface area contributed by atoms with Crippen molar-refractivity contribution in [3.8, 4) is 0 Å². The summed E-state index contributed by atoms with van der Waals surface area (Å²) in [7, 11) is 0. The normalized spacial score (nSPS) is 15.8. The zero-order valence-corrected chi connectivity index (χ0v) is 15.9. The fraction of sp³-hybridized carbons (Fsp3) is 0.333. The molecule has 2 aromatic rings. The van der Waals surface area contributed by atoms with E-state index in [1.165, 1.54) is 6.07 Å². The average Bonchev–Trinajstić information content (AvgIpc) is 3.43. The summed E-state index contributed by atoms with van der Waals surface area (Å²) < 4.78 is 0. The number of rotatable bonds is 6. The minimum absolute atomic E-state index is 0.0205. The van der Waals surface area contributed by atoms with E-state index in [1.807, 2.05) is 4.90 Å². The van der Waals surface area contributed by atoms with Crippen LogP contribution in [0.25, 0.3) is 0 Å². The van der Waals surface area contributed by atoms with Gasteiger partial charge >= 0.3 is 0 Å². The minimum atomic E-state index is -0.443. The van der Waals surface area contributed by atoms with Gasteiger partial charge in [-0.2, -0.15) is 0 Å². The molecule has 0 unspecified atom stereocenters. The summed E-state index contributed by atoms with van der Waals surface area (Å²) in [5.74, 6) is -0.281. The van der Waals surface area contributed by atoms with Crippen molar-refractivity contribution in [3.05, 3.63) is 58.1 Å². The molecule has 1 saturated carbocycles. The largest absolute Gasteiger partial charge is 0.366 e. The number of hydrogen-bond donors (Lipinski definition) is 2. The molecule has 4 rings (SSSR count). The third-order valence-corrected chi connectivity index (χ3v) is 5.24. The molecular formula is C21H22N4O4. The standard InChI is InChI=1S/C21H22N4O4/c26-20(14-3-4-14)22-16-6-8-17(9-7-16)23-21(27)15-5-10-18(19(13-15)25(28)29)24-11-1-2-12-24/h5-10,13-14H,1-4,11-12H2,(H,22,26)(H,23,27). The molecule has 8 nitrogen and oxygen atoms in total. The van der Waals surface area contributed by atoms with Crippen LogP contribution in [0.15, 0.2) is 42.5 Å². The molecule has 29 heavy (non-hydrogen) atoms. The Morgan fingerprint density at radius 2 is 1.59 bits per heavy atom. The number of carbonyl (C=O) groups excluding carboxylic acids is 2. The van der Waals surface area contributed by atoms with Crippen LogP contribution in [0, 0.1) is 16.0 Å². The molecule has 0 atom stereocenters. The van der Waals surface area contributed by atoms with Gasteiger partial charge in [0.25, 0.3) is 11.6 Å². The van der Waals surface area contributed by atoms with Crippen LogP contribution in [-0.4, -0.2) is 29.8 Å². The molecule has 1 aliphatic heterocycles. The molecule has 8 heteroatoms. The molecule has 150 valence electrons. The maximum absolute atomic E-state index is 12.6. The van der Waals surface area contributed by atoms with Gasteiger partial charge in [-0.1, -0.05) is 0 Å². The van der Waals surface area contributed by atoms with Gasteiger partial charge in [0, 0.05) is 42.0 Å². The Balaban J connectivity index is 1.45. The first-order chi connectivity index (χ1) is 14.0. The van der Waals surface area contributed by atoms with Crippen molar-refractivity contribution in [2.45, 2.75) is 25.7 Å². The summed E-state index contributed by atoms with van der Waals surface area (Å²) in [6.45, 7) is 1.58. The highest BCUT2D eigenvalue weighted by Gasteiger charge is 2.29. The van der Waals surface area contributed by atoms with Crippen LogP contribution in [0.1, 0.15) is 36.0 Å². The van der Waals surface area contributed by atoms with Crippen LogP contribution in [-0.2, 0) is 4.79 Å². The molecule has 1 heterocycles. The molecule has 1 saturated heterocycles. The number of amides is 2. The minimum Gasteiger partial charge on any atom is -0.366 e. The zero-order chi connectivity index (χ0) is 20.4. The van der Waals surface area contributed by atoms with Gasteiger partial charge in [0.2, 0.25) is 5.91 Å². The summed E-state index contributed by atoms with van der Waals surface area (Å²) in [6, 6.07) is 11.4. The van der Waals surface area contributed by atoms with Crippen molar-refractivity contribution in [3.63, 3.8) is 0 Å². The van der Waals surface area contributed by atoms with E-state index >= 15 is 0 Å². The second-order valence-electron chi connectivity index (χ2n) is 7.45. The molecule has 2 fully saturated rings. The highest BCUT2D eigenvalue weighted by Crippen LogP contribution is 2.32. The summed E-state index contributed by atoms with van der Waals surface area (Å²) in [5.41, 5.74) is 1.94. The van der Waals surface area contributed by atoms with Crippen LogP contribution in [0.2, 0.25) is 0 Å². The van der Waals surface area contributed by atoms with Crippen molar-refractivity contribution >= 4 is 34.6 Å². The fourth-order valence-corrected chi connectivity index (χ4v) is 3.47. The van der Waals surface area contributed by atoms with Crippen molar-refractivity contribution in [1.29, 1.82) is 0 Å². The highest BCUT2D eigenvalue weighted by molar-refractivity contribution is 6.05. The third kappa shape index (κ3) is 4.37. The number of nitrogens with zero attached hydrogens (tertiary/aromatic N) is 2. The Kier molecular flexibility index (Phi) is 5.16. The van der Waals surface area contributed by atoms with Crippen LogP contribution in [0.3, 0.4) is 0 Å². The van der Waals surface area contributed by atoms with Crippen LogP contribution in [0.4, 0.5) is 22.7 Å². The molecule has 2 N–H and O–H groups in total. The van der Waals surface area contributed by atoms with E-state index in [2.05, 4.69) is 10.6 Å². The topological polar surface area (TPSA) is 105 Å². The Bertz CT molecular complexity index is 948. The number of hydrogen-bond acceptors (Lipinski definition) is 5. The number of anilines is 3.